The van der Waals surface area contributed by atoms with Crippen molar-refractivity contribution in [2.24, 2.45) is 0 Å². The van der Waals surface area contributed by atoms with Gasteiger partial charge in [-0.25, -0.2) is 4.79 Å². The Labute approximate surface area is 140 Å². The Kier molecular flexibility index (Phi) is 4.16. The van der Waals surface area contributed by atoms with Crippen molar-refractivity contribution in [3.63, 3.8) is 0 Å². The first-order valence-electron chi connectivity index (χ1n) is 7.40. The van der Waals surface area contributed by atoms with Gasteiger partial charge in [-0.05, 0) is 42.7 Å². The minimum absolute atomic E-state index is 0.0329. The number of carbonyl (C=O) groups is 2. The van der Waals surface area contributed by atoms with Gasteiger partial charge in [0.25, 0.3) is 0 Å². The van der Waals surface area contributed by atoms with E-state index in [1.807, 2.05) is 0 Å². The number of pyridine rings is 1. The highest BCUT2D eigenvalue weighted by atomic mass is 19.4. The molecule has 0 fully saturated rings. The molecule has 25 heavy (non-hydrogen) atoms. The number of rotatable bonds is 2. The average molecular weight is 347 g/mol. The van der Waals surface area contributed by atoms with Crippen LogP contribution in [0, 0.1) is 0 Å². The van der Waals surface area contributed by atoms with Crippen LogP contribution in [-0.2, 0) is 12.6 Å². The second-order valence-corrected chi connectivity index (χ2v) is 5.64. The molecule has 1 aromatic carbocycles. The van der Waals surface area contributed by atoms with Crippen molar-refractivity contribution >= 4 is 17.8 Å². The lowest BCUT2D eigenvalue weighted by molar-refractivity contribution is -0.137. The van der Waals surface area contributed by atoms with Crippen LogP contribution in [0.25, 0.3) is 6.08 Å². The van der Waals surface area contributed by atoms with Crippen LogP contribution in [0.2, 0.25) is 0 Å². The van der Waals surface area contributed by atoms with Crippen LogP contribution in [0.4, 0.5) is 13.2 Å². The number of aromatic carboxylic acids is 1. The number of aromatic nitrogens is 1. The van der Waals surface area contributed by atoms with E-state index in [1.165, 1.54) is 12.1 Å². The molecule has 0 bridgehead atoms. The van der Waals surface area contributed by atoms with E-state index in [-0.39, 0.29) is 11.1 Å². The fourth-order valence-corrected chi connectivity index (χ4v) is 2.64. The van der Waals surface area contributed by atoms with Gasteiger partial charge in [-0.15, -0.1) is 0 Å². The number of fused-ring (bicyclic) bond motifs is 1. The summed E-state index contributed by atoms with van der Waals surface area (Å²) < 4.78 is 38.5. The van der Waals surface area contributed by atoms with E-state index in [4.69, 9.17) is 5.11 Å². The Bertz CT molecular complexity index is 883. The molecule has 2 aromatic rings. The van der Waals surface area contributed by atoms with Crippen molar-refractivity contribution in [3.05, 3.63) is 70.0 Å². The van der Waals surface area contributed by atoms with E-state index < -0.39 is 23.5 Å². The van der Waals surface area contributed by atoms with E-state index in [1.54, 1.807) is 18.2 Å². The highest BCUT2D eigenvalue weighted by Gasteiger charge is 2.33. The van der Waals surface area contributed by atoms with Crippen molar-refractivity contribution < 1.29 is 27.9 Å². The van der Waals surface area contributed by atoms with Crippen molar-refractivity contribution in [2.75, 3.05) is 0 Å². The second kappa shape index (κ2) is 6.16. The smallest absolute Gasteiger partial charge is 0.417 e. The third-order valence-corrected chi connectivity index (χ3v) is 3.96. The molecule has 1 aromatic heterocycles. The predicted octanol–water partition coefficient (Wildman–Crippen LogP) is 4.01. The van der Waals surface area contributed by atoms with Gasteiger partial charge in [-0.2, -0.15) is 13.2 Å². The number of aryl methyl sites for hydroxylation is 1. The van der Waals surface area contributed by atoms with E-state index in [0.717, 1.165) is 12.3 Å². The van der Waals surface area contributed by atoms with Crippen LogP contribution in [-0.4, -0.2) is 21.8 Å². The first-order valence-corrected chi connectivity index (χ1v) is 7.40. The second-order valence-electron chi connectivity index (χ2n) is 5.64. The van der Waals surface area contributed by atoms with E-state index in [2.05, 4.69) is 4.98 Å². The van der Waals surface area contributed by atoms with Gasteiger partial charge in [0.2, 0.25) is 0 Å². The normalized spacial score (nSPS) is 16.0. The maximum absolute atomic E-state index is 12.8. The summed E-state index contributed by atoms with van der Waals surface area (Å²) in [6.07, 6.45) is -1.51. The minimum atomic E-state index is -4.56. The van der Waals surface area contributed by atoms with E-state index in [0.29, 0.717) is 29.7 Å². The number of hydrogen-bond donors (Lipinski definition) is 1. The number of carboxylic acids is 1. The molecule has 1 aliphatic rings. The summed E-state index contributed by atoms with van der Waals surface area (Å²) in [5, 5.41) is 8.87. The Morgan fingerprint density at radius 3 is 2.44 bits per heavy atom. The van der Waals surface area contributed by atoms with Gasteiger partial charge in [0.15, 0.2) is 5.78 Å². The van der Waals surface area contributed by atoms with Gasteiger partial charge in [0.05, 0.1) is 16.8 Å². The lowest BCUT2D eigenvalue weighted by atomic mass is 9.88. The number of carbonyl (C=O) groups excluding carboxylic acids is 1. The van der Waals surface area contributed by atoms with Gasteiger partial charge in [0.1, 0.15) is 0 Å². The molecule has 4 nitrogen and oxygen atoms in total. The number of benzene rings is 1. The molecule has 0 saturated heterocycles. The Morgan fingerprint density at radius 1 is 1.16 bits per heavy atom. The molecule has 1 N–H and O–H groups in total. The van der Waals surface area contributed by atoms with Gasteiger partial charge in [-0.1, -0.05) is 12.1 Å². The molecule has 0 saturated carbocycles. The molecule has 0 radical (unpaired) electrons. The molecule has 0 amide bonds. The minimum Gasteiger partial charge on any atom is -0.478 e. The lowest BCUT2D eigenvalue weighted by Crippen LogP contribution is -2.18. The number of allylic oxidation sites excluding steroid dienone is 1. The monoisotopic (exact) mass is 347 g/mol. The maximum Gasteiger partial charge on any atom is 0.417 e. The zero-order valence-corrected chi connectivity index (χ0v) is 12.8. The molecule has 0 aliphatic heterocycles. The van der Waals surface area contributed by atoms with Crippen molar-refractivity contribution in [2.45, 2.75) is 19.0 Å². The molecule has 0 spiro atoms. The molecular weight excluding hydrogens is 335 g/mol. The largest absolute Gasteiger partial charge is 0.478 e. The first kappa shape index (κ1) is 16.9. The topological polar surface area (TPSA) is 67.3 Å². The standard InChI is InChI=1S/C18H12F3NO3/c19-18(20,21)13-8-14-15(22-9-13)6-5-12(16(14)23)7-10-1-3-11(4-2-10)17(24)25/h1-4,7-9H,5-6H2,(H,24,25). The SMILES string of the molecule is O=C(O)c1ccc(C=C2CCc3ncc(C(F)(F)F)cc3C2=O)cc1. The van der Waals surface area contributed by atoms with Gasteiger partial charge in [0, 0.05) is 17.3 Å². The van der Waals surface area contributed by atoms with Crippen LogP contribution < -0.4 is 0 Å². The number of halogens is 3. The summed E-state index contributed by atoms with van der Waals surface area (Å²) >= 11 is 0. The third kappa shape index (κ3) is 3.45. The highest BCUT2D eigenvalue weighted by molar-refractivity contribution is 6.13. The maximum atomic E-state index is 12.8. The third-order valence-electron chi connectivity index (χ3n) is 3.96. The van der Waals surface area contributed by atoms with Crippen LogP contribution in [0.1, 0.15) is 44.0 Å². The Hall–Kier alpha value is -2.96. The molecule has 0 atom stereocenters. The fraction of sp³-hybridized carbons (Fsp3) is 0.167. The Morgan fingerprint density at radius 2 is 1.84 bits per heavy atom. The summed E-state index contributed by atoms with van der Waals surface area (Å²) in [5.41, 5.74) is 0.465. The summed E-state index contributed by atoms with van der Waals surface area (Å²) in [6.45, 7) is 0. The van der Waals surface area contributed by atoms with Gasteiger partial charge >= 0.3 is 12.1 Å². The number of Topliss-reactive ketones (excluding diaryl/α,β-unsaturated/α-hetero) is 1. The quantitative estimate of drug-likeness (QED) is 0.834. The van der Waals surface area contributed by atoms with Gasteiger partial charge < -0.3 is 5.11 Å². The Balaban J connectivity index is 1.94. The van der Waals surface area contributed by atoms with Crippen molar-refractivity contribution in [3.8, 4) is 0 Å². The molecule has 0 unspecified atom stereocenters. The summed E-state index contributed by atoms with van der Waals surface area (Å²) in [5.74, 6) is -1.55. The molecule has 128 valence electrons. The molecule has 1 aliphatic carbocycles. The van der Waals surface area contributed by atoms with Crippen LogP contribution >= 0.6 is 0 Å². The summed E-state index contributed by atoms with van der Waals surface area (Å²) in [4.78, 5) is 27.1. The van der Waals surface area contributed by atoms with E-state index in [9.17, 15) is 22.8 Å². The van der Waals surface area contributed by atoms with Crippen molar-refractivity contribution in [1.29, 1.82) is 0 Å². The molecule has 1 heterocycles. The highest BCUT2D eigenvalue weighted by Crippen LogP contribution is 2.33. The zero-order chi connectivity index (χ0) is 18.2. The first-order chi connectivity index (χ1) is 11.8. The summed E-state index contributed by atoms with van der Waals surface area (Å²) in [6, 6.07) is 6.73. The van der Waals surface area contributed by atoms with Crippen LogP contribution in [0.5, 0.6) is 0 Å². The number of nitrogens with zero attached hydrogens (tertiary/aromatic N) is 1. The summed E-state index contributed by atoms with van der Waals surface area (Å²) in [7, 11) is 0. The van der Waals surface area contributed by atoms with E-state index >= 15 is 0 Å². The lowest BCUT2D eigenvalue weighted by Gasteiger charge is -2.18. The van der Waals surface area contributed by atoms with Crippen LogP contribution in [0.3, 0.4) is 0 Å². The number of hydrogen-bond acceptors (Lipinski definition) is 3. The molecule has 7 heteroatoms. The van der Waals surface area contributed by atoms with Gasteiger partial charge in [-0.3, -0.25) is 9.78 Å². The zero-order valence-electron chi connectivity index (χ0n) is 12.8. The van der Waals surface area contributed by atoms with Crippen LogP contribution in [0.15, 0.2) is 42.1 Å². The number of ketones is 1. The molecule has 3 rings (SSSR count). The predicted molar refractivity (Wildman–Crippen MR) is 83.3 cm³/mol. The van der Waals surface area contributed by atoms with Crippen molar-refractivity contribution in [1.82, 2.24) is 4.98 Å². The number of carboxylic acid groups (broad SMARTS) is 1. The number of alkyl halides is 3. The average Bonchev–Trinajstić information content (AvgIpc) is 2.57. The molecular formula is C18H12F3NO3. The fourth-order valence-electron chi connectivity index (χ4n) is 2.64.